The molecule has 0 spiro atoms. The number of urea groups is 1. The molecule has 1 rings (SSSR count). The Hall–Kier alpha value is -2.24. The van der Waals surface area contributed by atoms with Crippen molar-refractivity contribution >= 4 is 17.7 Å². The van der Waals surface area contributed by atoms with E-state index in [9.17, 15) is 9.59 Å². The fourth-order valence-corrected chi connectivity index (χ4v) is 1.69. The number of anilines is 1. The number of carbonyl (C=O) groups is 2. The first-order valence-corrected chi connectivity index (χ1v) is 6.40. The minimum absolute atomic E-state index is 0.104. The van der Waals surface area contributed by atoms with Crippen LogP contribution in [0.15, 0.2) is 18.2 Å². The van der Waals surface area contributed by atoms with Gasteiger partial charge in [-0.25, -0.2) is 4.79 Å². The smallest absolute Gasteiger partial charge is 0.319 e. The molecular weight excluding hydrogens is 260 g/mol. The zero-order valence-corrected chi connectivity index (χ0v) is 11.9. The van der Waals surface area contributed by atoms with Crippen LogP contribution in [0.5, 0.6) is 5.75 Å². The Labute approximate surface area is 118 Å². The predicted octanol–water partition coefficient (Wildman–Crippen LogP) is 2.24. The standard InChI is InChI=1S/C14H20N2O4/c1-4-10(13(17)18)8-15-14(19)16-12-6-5-11(20-3)7-9(12)2/h5-7,10H,4,8H2,1-3H3,(H,17,18)(H2,15,16,19). The monoisotopic (exact) mass is 280 g/mol. The van der Waals surface area contributed by atoms with Crippen LogP contribution >= 0.6 is 0 Å². The second-order valence-corrected chi connectivity index (χ2v) is 4.46. The van der Waals surface area contributed by atoms with Crippen LogP contribution in [-0.2, 0) is 4.79 Å². The van der Waals surface area contributed by atoms with Crippen LogP contribution in [0.25, 0.3) is 0 Å². The van der Waals surface area contributed by atoms with Crippen LogP contribution in [0.4, 0.5) is 10.5 Å². The molecule has 0 bridgehead atoms. The summed E-state index contributed by atoms with van der Waals surface area (Å²) in [7, 11) is 1.57. The summed E-state index contributed by atoms with van der Waals surface area (Å²) in [5, 5.41) is 14.1. The quantitative estimate of drug-likeness (QED) is 0.745. The van der Waals surface area contributed by atoms with Crippen LogP contribution in [0, 0.1) is 12.8 Å². The van der Waals surface area contributed by atoms with E-state index in [2.05, 4.69) is 10.6 Å². The van der Waals surface area contributed by atoms with E-state index in [1.807, 2.05) is 13.0 Å². The van der Waals surface area contributed by atoms with E-state index >= 15 is 0 Å². The van der Waals surface area contributed by atoms with E-state index in [1.54, 1.807) is 26.2 Å². The van der Waals surface area contributed by atoms with Gasteiger partial charge in [-0.3, -0.25) is 4.79 Å². The third-order valence-corrected chi connectivity index (χ3v) is 3.03. The Bertz CT molecular complexity index is 488. The molecule has 0 heterocycles. The number of ether oxygens (including phenoxy) is 1. The highest BCUT2D eigenvalue weighted by Crippen LogP contribution is 2.20. The summed E-state index contributed by atoms with van der Waals surface area (Å²) < 4.78 is 5.08. The molecular formula is C14H20N2O4. The molecule has 6 nitrogen and oxygen atoms in total. The molecule has 1 atom stereocenters. The Kier molecular flexibility index (Phi) is 5.83. The highest BCUT2D eigenvalue weighted by atomic mass is 16.5. The summed E-state index contributed by atoms with van der Waals surface area (Å²) in [6.45, 7) is 3.73. The number of rotatable bonds is 6. The first-order chi connectivity index (χ1) is 9.47. The molecule has 0 aliphatic rings. The molecule has 0 aliphatic heterocycles. The van der Waals surface area contributed by atoms with E-state index in [1.165, 1.54) is 0 Å². The van der Waals surface area contributed by atoms with Crippen molar-refractivity contribution in [3.8, 4) is 5.75 Å². The summed E-state index contributed by atoms with van der Waals surface area (Å²) in [4.78, 5) is 22.6. The Balaban J connectivity index is 2.56. The van der Waals surface area contributed by atoms with Crippen molar-refractivity contribution in [2.24, 2.45) is 5.92 Å². The van der Waals surface area contributed by atoms with Gasteiger partial charge < -0.3 is 20.5 Å². The SMILES string of the molecule is CCC(CNC(=O)Nc1ccc(OC)cc1C)C(=O)O. The first kappa shape index (κ1) is 15.8. The fourth-order valence-electron chi connectivity index (χ4n) is 1.69. The van der Waals surface area contributed by atoms with E-state index < -0.39 is 17.9 Å². The second-order valence-electron chi connectivity index (χ2n) is 4.46. The summed E-state index contributed by atoms with van der Waals surface area (Å²) in [5.41, 5.74) is 1.52. The third-order valence-electron chi connectivity index (χ3n) is 3.03. The molecule has 1 aromatic carbocycles. The average molecular weight is 280 g/mol. The minimum Gasteiger partial charge on any atom is -0.497 e. The van der Waals surface area contributed by atoms with E-state index in [4.69, 9.17) is 9.84 Å². The van der Waals surface area contributed by atoms with Crippen LogP contribution in [0.1, 0.15) is 18.9 Å². The van der Waals surface area contributed by atoms with Crippen molar-refractivity contribution < 1.29 is 19.4 Å². The number of carbonyl (C=O) groups excluding carboxylic acids is 1. The molecule has 6 heteroatoms. The number of carboxylic acids is 1. The lowest BCUT2D eigenvalue weighted by molar-refractivity contribution is -0.141. The maximum absolute atomic E-state index is 11.7. The average Bonchev–Trinajstić information content (AvgIpc) is 2.41. The Morgan fingerprint density at radius 2 is 2.10 bits per heavy atom. The summed E-state index contributed by atoms with van der Waals surface area (Å²) in [6.07, 6.45) is 0.469. The lowest BCUT2D eigenvalue weighted by Gasteiger charge is -2.13. The highest BCUT2D eigenvalue weighted by molar-refractivity contribution is 5.90. The zero-order chi connectivity index (χ0) is 15.1. The molecule has 1 aromatic rings. The Morgan fingerprint density at radius 3 is 2.60 bits per heavy atom. The number of benzene rings is 1. The van der Waals surface area contributed by atoms with Gasteiger partial charge in [0, 0.05) is 12.2 Å². The molecule has 0 aromatic heterocycles. The first-order valence-electron chi connectivity index (χ1n) is 6.40. The van der Waals surface area contributed by atoms with E-state index in [0.29, 0.717) is 17.9 Å². The molecule has 110 valence electrons. The minimum atomic E-state index is -0.909. The molecule has 2 amide bonds. The fraction of sp³-hybridized carbons (Fsp3) is 0.429. The molecule has 1 unspecified atom stereocenters. The van der Waals surface area contributed by atoms with Gasteiger partial charge in [-0.15, -0.1) is 0 Å². The topological polar surface area (TPSA) is 87.7 Å². The van der Waals surface area contributed by atoms with Gasteiger partial charge in [0.05, 0.1) is 13.0 Å². The number of amides is 2. The second kappa shape index (κ2) is 7.37. The van der Waals surface area contributed by atoms with Crippen LogP contribution in [0.2, 0.25) is 0 Å². The van der Waals surface area contributed by atoms with Gasteiger partial charge in [0.2, 0.25) is 0 Å². The molecule has 20 heavy (non-hydrogen) atoms. The van der Waals surface area contributed by atoms with Gasteiger partial charge in [-0.1, -0.05) is 6.92 Å². The molecule has 0 radical (unpaired) electrons. The molecule has 0 saturated heterocycles. The maximum atomic E-state index is 11.7. The van der Waals surface area contributed by atoms with Crippen molar-refractivity contribution in [1.82, 2.24) is 5.32 Å². The predicted molar refractivity (Wildman–Crippen MR) is 76.2 cm³/mol. The highest BCUT2D eigenvalue weighted by Gasteiger charge is 2.16. The van der Waals surface area contributed by atoms with Crippen molar-refractivity contribution in [2.45, 2.75) is 20.3 Å². The number of aliphatic carboxylic acids is 1. The summed E-state index contributed by atoms with van der Waals surface area (Å²) in [6, 6.07) is 4.87. The lowest BCUT2D eigenvalue weighted by atomic mass is 10.1. The van der Waals surface area contributed by atoms with Gasteiger partial charge in [-0.05, 0) is 37.1 Å². The number of hydrogen-bond acceptors (Lipinski definition) is 3. The van der Waals surface area contributed by atoms with E-state index in [0.717, 1.165) is 5.56 Å². The third kappa shape index (κ3) is 4.46. The maximum Gasteiger partial charge on any atom is 0.319 e. The Morgan fingerprint density at radius 1 is 1.40 bits per heavy atom. The normalized spacial score (nSPS) is 11.6. The van der Waals surface area contributed by atoms with Gasteiger partial charge in [0.1, 0.15) is 5.75 Å². The van der Waals surface area contributed by atoms with Crippen molar-refractivity contribution in [3.63, 3.8) is 0 Å². The molecule has 3 N–H and O–H groups in total. The molecule has 0 fully saturated rings. The lowest BCUT2D eigenvalue weighted by Crippen LogP contribution is -2.35. The zero-order valence-electron chi connectivity index (χ0n) is 11.9. The van der Waals surface area contributed by atoms with Crippen molar-refractivity contribution in [3.05, 3.63) is 23.8 Å². The largest absolute Gasteiger partial charge is 0.497 e. The molecule has 0 saturated carbocycles. The van der Waals surface area contributed by atoms with Crippen LogP contribution < -0.4 is 15.4 Å². The van der Waals surface area contributed by atoms with Gasteiger partial charge >= 0.3 is 12.0 Å². The van der Waals surface area contributed by atoms with Crippen LogP contribution in [0.3, 0.4) is 0 Å². The number of nitrogens with one attached hydrogen (secondary N) is 2. The number of methoxy groups -OCH3 is 1. The number of hydrogen-bond donors (Lipinski definition) is 3. The summed E-state index contributed by atoms with van der Waals surface area (Å²) in [5.74, 6) is -0.767. The molecule has 0 aliphatic carbocycles. The number of carboxylic acid groups (broad SMARTS) is 1. The number of aryl methyl sites for hydroxylation is 1. The van der Waals surface area contributed by atoms with Crippen molar-refractivity contribution in [2.75, 3.05) is 19.0 Å². The van der Waals surface area contributed by atoms with Gasteiger partial charge in [0.25, 0.3) is 0 Å². The van der Waals surface area contributed by atoms with Gasteiger partial charge in [-0.2, -0.15) is 0 Å². The van der Waals surface area contributed by atoms with E-state index in [-0.39, 0.29) is 6.54 Å². The summed E-state index contributed by atoms with van der Waals surface area (Å²) >= 11 is 0. The van der Waals surface area contributed by atoms with Gasteiger partial charge in [0.15, 0.2) is 0 Å². The van der Waals surface area contributed by atoms with Crippen LogP contribution in [-0.4, -0.2) is 30.8 Å². The van der Waals surface area contributed by atoms with Crippen molar-refractivity contribution in [1.29, 1.82) is 0 Å².